The van der Waals surface area contributed by atoms with E-state index in [1.54, 1.807) is 70.2 Å². The number of hydrogen-bond acceptors (Lipinski definition) is 9. The van der Waals surface area contributed by atoms with E-state index in [1.807, 2.05) is 6.07 Å². The number of amides is 1. The number of pyridine rings is 2. The Labute approximate surface area is 270 Å². The van der Waals surface area contributed by atoms with E-state index in [2.05, 4.69) is 39.5 Å². The molecule has 0 aliphatic carbocycles. The molecule has 0 fully saturated rings. The van der Waals surface area contributed by atoms with Gasteiger partial charge in [0, 0.05) is 28.5 Å². The van der Waals surface area contributed by atoms with Gasteiger partial charge in [0.25, 0.3) is 0 Å². The number of rotatable bonds is 2. The molecule has 0 bridgehead atoms. The van der Waals surface area contributed by atoms with E-state index in [-0.39, 0.29) is 31.4 Å². The largest absolute Gasteiger partial charge is 0.493 e. The number of anilines is 1. The first-order chi connectivity index (χ1) is 22.2. The van der Waals surface area contributed by atoms with Gasteiger partial charge in [-0.1, -0.05) is 12.7 Å². The number of fused-ring (bicyclic) bond motifs is 3. The third-order valence-corrected chi connectivity index (χ3v) is 6.83. The maximum absolute atomic E-state index is 15.5. The molecule has 3 aromatic heterocycles. The van der Waals surface area contributed by atoms with Gasteiger partial charge in [0.05, 0.1) is 25.7 Å². The highest BCUT2D eigenvalue weighted by molar-refractivity contribution is 8.06. The lowest BCUT2D eigenvalue weighted by molar-refractivity contribution is 0.0574. The average molecular weight is 635 g/mol. The fourth-order valence-corrected chi connectivity index (χ4v) is 5.10. The summed E-state index contributed by atoms with van der Waals surface area (Å²) >= 11 is 3.63. The molecule has 0 radical (unpaired) electrons. The van der Waals surface area contributed by atoms with Crippen molar-refractivity contribution in [3.63, 3.8) is 0 Å². The molecule has 0 saturated heterocycles. The second-order valence-corrected chi connectivity index (χ2v) is 12.5. The number of aromatic nitrogens is 4. The molecule has 234 valence electrons. The second-order valence-electron chi connectivity index (χ2n) is 12.0. The predicted octanol–water partition coefficient (Wildman–Crippen LogP) is 5.18. The van der Waals surface area contributed by atoms with Crippen LogP contribution in [0.25, 0.3) is 16.8 Å². The Kier molecular flexibility index (Phi) is 8.25. The van der Waals surface area contributed by atoms with Crippen LogP contribution in [-0.4, -0.2) is 64.5 Å². The molecule has 5 heterocycles. The van der Waals surface area contributed by atoms with Gasteiger partial charge in [-0.2, -0.15) is 0 Å². The molecule has 6 rings (SSSR count). The summed E-state index contributed by atoms with van der Waals surface area (Å²) in [6.07, 6.45) is 2.39. The van der Waals surface area contributed by atoms with Gasteiger partial charge in [0.1, 0.15) is 34.8 Å². The van der Waals surface area contributed by atoms with E-state index in [0.717, 1.165) is 0 Å². The molecule has 1 atom stereocenters. The van der Waals surface area contributed by atoms with Crippen molar-refractivity contribution < 1.29 is 28.5 Å². The summed E-state index contributed by atoms with van der Waals surface area (Å²) in [6, 6.07) is 8.31. The van der Waals surface area contributed by atoms with E-state index in [1.165, 1.54) is 17.3 Å². The van der Waals surface area contributed by atoms with Gasteiger partial charge < -0.3 is 19.3 Å². The predicted molar refractivity (Wildman–Crippen MR) is 174 cm³/mol. The smallest absolute Gasteiger partial charge is 0.416 e. The Morgan fingerprint density at radius 3 is 2.69 bits per heavy atom. The summed E-state index contributed by atoms with van der Waals surface area (Å²) in [5.41, 5.74) is 1.19. The van der Waals surface area contributed by atoms with Crippen LogP contribution in [0.2, 0.25) is 6.82 Å². The number of nitrogens with zero attached hydrogens (tertiary/aromatic N) is 5. The van der Waals surface area contributed by atoms with E-state index in [4.69, 9.17) is 22.1 Å². The molecule has 10 nitrogen and oxygen atoms in total. The van der Waals surface area contributed by atoms with E-state index in [0.29, 0.717) is 51.7 Å². The van der Waals surface area contributed by atoms with Gasteiger partial charge in [0.15, 0.2) is 23.7 Å². The van der Waals surface area contributed by atoms with E-state index < -0.39 is 23.1 Å². The minimum Gasteiger partial charge on any atom is -0.493 e. The number of carbonyl (C=O) groups is 1. The molecule has 4 aromatic rings. The highest BCUT2D eigenvalue weighted by Crippen LogP contribution is 2.44. The lowest BCUT2D eigenvalue weighted by Crippen LogP contribution is -2.38. The molecular formula is C32H35BFN5O5S. The first kappa shape index (κ1) is 29.4. The first-order valence-corrected chi connectivity index (χ1v) is 14.9. The zero-order valence-electron chi connectivity index (χ0n) is 27.9. The van der Waals surface area contributed by atoms with Crippen molar-refractivity contribution in [3.05, 3.63) is 65.5 Å². The molecule has 1 N–H and O–H groups in total. The number of ether oxygens (including phenoxy) is 3. The van der Waals surface area contributed by atoms with Crippen molar-refractivity contribution in [2.45, 2.75) is 65.1 Å². The zero-order chi connectivity index (χ0) is 34.1. The summed E-state index contributed by atoms with van der Waals surface area (Å²) < 4.78 is 49.0. The van der Waals surface area contributed by atoms with Crippen LogP contribution in [0, 0.1) is 17.7 Å². The summed E-state index contributed by atoms with van der Waals surface area (Å²) in [7, 11) is 0. The van der Waals surface area contributed by atoms with Gasteiger partial charge in [-0.05, 0) is 72.2 Å². The van der Waals surface area contributed by atoms with Crippen LogP contribution in [0.1, 0.15) is 57.4 Å². The number of benzene rings is 1. The maximum Gasteiger partial charge on any atom is 0.416 e. The summed E-state index contributed by atoms with van der Waals surface area (Å²) in [5, 5.41) is 13.2. The second kappa shape index (κ2) is 12.6. The fourth-order valence-electron chi connectivity index (χ4n) is 5.10. The minimum absolute atomic E-state index is 0.140. The third kappa shape index (κ3) is 6.87. The van der Waals surface area contributed by atoms with Crippen LogP contribution in [0.4, 0.5) is 15.0 Å². The lowest BCUT2D eigenvalue weighted by atomic mass is 9.95. The monoisotopic (exact) mass is 634 g/mol. The topological polar surface area (TPSA) is 111 Å². The van der Waals surface area contributed by atoms with Crippen molar-refractivity contribution in [1.82, 2.24) is 19.6 Å². The Hall–Kier alpha value is -4.28. The Balaban J connectivity index is 0.00000103. The Morgan fingerprint density at radius 2 is 1.98 bits per heavy atom. The first-order valence-electron chi connectivity index (χ1n) is 15.3. The SMILES string of the molecule is [2H]B(C)S.[3H]OC(C)(C)C#Cc1ncccc1-c1cc2c(n3cnnc13)N(C(=O)OC(C)(C)C)Cc1c(F)ccc3c1[C@H](CO3)CO2. The maximum atomic E-state index is 15.5. The van der Waals surface area contributed by atoms with Crippen molar-refractivity contribution in [1.29, 1.82) is 2.77 Å². The highest BCUT2D eigenvalue weighted by Gasteiger charge is 2.37. The molecule has 0 saturated carbocycles. The van der Waals surface area contributed by atoms with Crippen LogP contribution in [-0.2, 0) is 11.3 Å². The summed E-state index contributed by atoms with van der Waals surface area (Å²) in [5.74, 6) is 6.40. The molecule has 0 spiro atoms. The highest BCUT2D eigenvalue weighted by atomic mass is 32.1. The van der Waals surface area contributed by atoms with Crippen LogP contribution in [0.5, 0.6) is 11.5 Å². The fraction of sp³-hybridized carbons (Fsp3) is 0.375. The zero-order valence-corrected chi connectivity index (χ0v) is 26.8. The minimum atomic E-state index is -1.02. The lowest BCUT2D eigenvalue weighted by Gasteiger charge is -2.29. The van der Waals surface area contributed by atoms with Crippen molar-refractivity contribution >= 4 is 36.6 Å². The van der Waals surface area contributed by atoms with Crippen molar-refractivity contribution in [2.75, 3.05) is 18.1 Å². The third-order valence-electron chi connectivity index (χ3n) is 6.83. The van der Waals surface area contributed by atoms with Gasteiger partial charge in [-0.15, -0.1) is 10.2 Å². The van der Waals surface area contributed by atoms with Crippen LogP contribution in [0.15, 0.2) is 42.9 Å². The number of carbonyl (C=O) groups excluding carboxylic acids is 1. The van der Waals surface area contributed by atoms with Crippen LogP contribution < -0.4 is 14.4 Å². The van der Waals surface area contributed by atoms with Crippen molar-refractivity contribution in [3.8, 4) is 34.5 Å². The molecule has 13 heteroatoms. The Bertz CT molecular complexity index is 1870. The summed E-state index contributed by atoms with van der Waals surface area (Å²) in [6.45, 7) is 10.5. The van der Waals surface area contributed by atoms with Crippen LogP contribution in [0.3, 0.4) is 0 Å². The van der Waals surface area contributed by atoms with Crippen LogP contribution >= 0.6 is 12.5 Å². The van der Waals surface area contributed by atoms with Gasteiger partial charge in [0.2, 0.25) is 1.43 Å². The normalized spacial score (nSPS) is 16.0. The molecule has 0 unspecified atom stereocenters. The summed E-state index contributed by atoms with van der Waals surface area (Å²) in [4.78, 5) is 19.6. The number of hydrogen-bond donors (Lipinski definition) is 2. The molecule has 2 aliphatic rings. The molecule has 2 aliphatic heterocycles. The van der Waals surface area contributed by atoms with Gasteiger partial charge in [-0.3, -0.25) is 9.30 Å². The van der Waals surface area contributed by atoms with Gasteiger partial charge in [-0.25, -0.2) is 26.6 Å². The van der Waals surface area contributed by atoms with Crippen molar-refractivity contribution in [2.24, 2.45) is 0 Å². The number of aliphatic hydroxyl groups is 1. The Morgan fingerprint density at radius 1 is 1.24 bits per heavy atom. The molecule has 45 heavy (non-hydrogen) atoms. The quantitative estimate of drug-likeness (QED) is 0.176. The standard InChI is InChI=1S/C31H30FN5O5.CH5BS/c1-30(2,3)42-29(38)36-14-21-22(32)8-9-24-26(21)18(15-40-24)16-41-25-13-20(27-35-34-17-37(27)28(25)36)19-7-6-12-33-23(19)10-11-31(4,5)39;1-2-3/h6-9,12-13,17-18,39H,14-16H2,1-5H3;2-3H,1H3/t18-;/m1./s1/i39T;2D. The molecule has 1 amide bonds. The molecular weight excluding hydrogens is 596 g/mol. The van der Waals surface area contributed by atoms with E-state index >= 15 is 4.39 Å². The van der Waals surface area contributed by atoms with E-state index in [9.17, 15) is 4.79 Å². The number of halogens is 1. The van der Waals surface area contributed by atoms with Gasteiger partial charge >= 0.3 is 6.09 Å². The number of thiol groups is 1. The molecule has 1 aromatic carbocycles. The average Bonchev–Trinajstić information content (AvgIpc) is 3.66.